The first-order valence-electron chi connectivity index (χ1n) is 11.1. The van der Waals surface area contributed by atoms with E-state index in [0.717, 1.165) is 28.1 Å². The Morgan fingerprint density at radius 1 is 1.09 bits per heavy atom. The summed E-state index contributed by atoms with van der Waals surface area (Å²) < 4.78 is 7.44. The van der Waals surface area contributed by atoms with Crippen LogP contribution in [-0.2, 0) is 11.3 Å². The molecule has 3 rings (SSSR count). The van der Waals surface area contributed by atoms with E-state index >= 15 is 0 Å². The molecular formula is C26H32N4O2S. The van der Waals surface area contributed by atoms with Crippen LogP contribution in [0.5, 0.6) is 5.75 Å². The number of allylic oxidation sites excluding steroid dienone is 1. The summed E-state index contributed by atoms with van der Waals surface area (Å²) in [6.07, 6.45) is 1.79. The molecule has 7 heteroatoms. The molecule has 0 bridgehead atoms. The molecule has 174 valence electrons. The molecule has 1 amide bonds. The summed E-state index contributed by atoms with van der Waals surface area (Å²) in [4.78, 5) is 13.0. The molecule has 1 heterocycles. The summed E-state index contributed by atoms with van der Waals surface area (Å²) in [5.41, 5.74) is 4.06. The number of thioether (sulfide) groups is 1. The summed E-state index contributed by atoms with van der Waals surface area (Å²) in [5.74, 6) is 2.18. The van der Waals surface area contributed by atoms with Gasteiger partial charge in [-0.15, -0.1) is 16.8 Å². The van der Waals surface area contributed by atoms with E-state index in [1.165, 1.54) is 11.8 Å². The molecule has 0 saturated carbocycles. The minimum absolute atomic E-state index is 0.0676. The number of rotatable bonds is 10. The van der Waals surface area contributed by atoms with Gasteiger partial charge in [-0.1, -0.05) is 75.9 Å². The normalized spacial score (nSPS) is 11.1. The zero-order chi connectivity index (χ0) is 24.0. The highest BCUT2D eigenvalue weighted by Gasteiger charge is 2.19. The molecule has 1 N–H and O–H groups in total. The van der Waals surface area contributed by atoms with Gasteiger partial charge in [-0.3, -0.25) is 9.36 Å². The lowest BCUT2D eigenvalue weighted by atomic mass is 9.92. The van der Waals surface area contributed by atoms with Crippen molar-refractivity contribution in [2.24, 2.45) is 0 Å². The van der Waals surface area contributed by atoms with Gasteiger partial charge in [0.2, 0.25) is 5.91 Å². The minimum atomic E-state index is -0.0676. The van der Waals surface area contributed by atoms with Gasteiger partial charge in [0.1, 0.15) is 5.75 Å². The van der Waals surface area contributed by atoms with Crippen molar-refractivity contribution in [1.82, 2.24) is 14.8 Å². The highest BCUT2D eigenvalue weighted by molar-refractivity contribution is 7.99. The summed E-state index contributed by atoms with van der Waals surface area (Å²) in [6.45, 7) is 12.9. The van der Waals surface area contributed by atoms with Gasteiger partial charge >= 0.3 is 0 Å². The molecule has 3 aromatic rings. The SMILES string of the molecule is C=CCn1c(SCC(=O)Nc2c(C(C)C)cccc2C(C)C)nnc1-c1ccccc1OC. The van der Waals surface area contributed by atoms with E-state index in [2.05, 4.69) is 68.0 Å². The fourth-order valence-electron chi connectivity index (χ4n) is 3.72. The third-order valence-corrected chi connectivity index (χ3v) is 6.31. The second kappa shape index (κ2) is 11.2. The predicted molar refractivity (Wildman–Crippen MR) is 136 cm³/mol. The maximum Gasteiger partial charge on any atom is 0.234 e. The zero-order valence-corrected chi connectivity index (χ0v) is 20.8. The first-order chi connectivity index (χ1) is 15.9. The molecule has 0 spiro atoms. The number of amides is 1. The van der Waals surface area contributed by atoms with Crippen LogP contribution < -0.4 is 10.1 Å². The second-order valence-electron chi connectivity index (χ2n) is 8.36. The highest BCUT2D eigenvalue weighted by Crippen LogP contribution is 2.33. The summed E-state index contributed by atoms with van der Waals surface area (Å²) in [7, 11) is 1.63. The van der Waals surface area contributed by atoms with Crippen molar-refractivity contribution in [3.05, 3.63) is 66.2 Å². The molecule has 0 atom stereocenters. The Hall–Kier alpha value is -3.06. The number of nitrogens with zero attached hydrogens (tertiary/aromatic N) is 3. The number of hydrogen-bond donors (Lipinski definition) is 1. The number of carbonyl (C=O) groups excluding carboxylic acids is 1. The van der Waals surface area contributed by atoms with Gasteiger partial charge in [0.15, 0.2) is 11.0 Å². The van der Waals surface area contributed by atoms with E-state index in [0.29, 0.717) is 29.4 Å². The maximum absolute atomic E-state index is 13.0. The largest absolute Gasteiger partial charge is 0.496 e. The first kappa shape index (κ1) is 24.6. The number of aromatic nitrogens is 3. The smallest absolute Gasteiger partial charge is 0.234 e. The van der Waals surface area contributed by atoms with Crippen LogP contribution in [0.3, 0.4) is 0 Å². The Kier molecular flexibility index (Phi) is 8.33. The average Bonchev–Trinajstić information content (AvgIpc) is 3.20. The quantitative estimate of drug-likeness (QED) is 0.289. The molecule has 1 aromatic heterocycles. The molecular weight excluding hydrogens is 432 g/mol. The number of methoxy groups -OCH3 is 1. The number of nitrogens with one attached hydrogen (secondary N) is 1. The molecule has 0 aliphatic carbocycles. The lowest BCUT2D eigenvalue weighted by Gasteiger charge is -2.20. The Balaban J connectivity index is 1.82. The molecule has 0 unspecified atom stereocenters. The van der Waals surface area contributed by atoms with Gasteiger partial charge in [-0.2, -0.15) is 0 Å². The fourth-order valence-corrected chi connectivity index (χ4v) is 4.47. The summed E-state index contributed by atoms with van der Waals surface area (Å²) in [6, 6.07) is 13.9. The van der Waals surface area contributed by atoms with Gasteiger partial charge < -0.3 is 10.1 Å². The van der Waals surface area contributed by atoms with Gasteiger partial charge in [0.25, 0.3) is 0 Å². The second-order valence-corrected chi connectivity index (χ2v) is 9.31. The summed E-state index contributed by atoms with van der Waals surface area (Å²) >= 11 is 1.36. The van der Waals surface area contributed by atoms with Crippen molar-refractivity contribution in [1.29, 1.82) is 0 Å². The molecule has 0 radical (unpaired) electrons. The third-order valence-electron chi connectivity index (χ3n) is 5.35. The third kappa shape index (κ3) is 5.66. The Morgan fingerprint density at radius 3 is 2.36 bits per heavy atom. The first-order valence-corrected chi connectivity index (χ1v) is 12.1. The highest BCUT2D eigenvalue weighted by atomic mass is 32.2. The predicted octanol–water partition coefficient (Wildman–Crippen LogP) is 6.12. The van der Waals surface area contributed by atoms with Crippen LogP contribution in [0.4, 0.5) is 5.69 Å². The van der Waals surface area contributed by atoms with Crippen LogP contribution in [0.15, 0.2) is 60.3 Å². The van der Waals surface area contributed by atoms with Crippen LogP contribution in [0, 0.1) is 0 Å². The van der Waals surface area contributed by atoms with Gasteiger partial charge in [0, 0.05) is 12.2 Å². The Morgan fingerprint density at radius 2 is 1.76 bits per heavy atom. The van der Waals surface area contributed by atoms with Gasteiger partial charge in [-0.05, 0) is 35.1 Å². The topological polar surface area (TPSA) is 69.0 Å². The maximum atomic E-state index is 13.0. The van der Waals surface area contributed by atoms with E-state index in [9.17, 15) is 4.79 Å². The molecule has 2 aromatic carbocycles. The van der Waals surface area contributed by atoms with E-state index in [4.69, 9.17) is 4.74 Å². The minimum Gasteiger partial charge on any atom is -0.496 e. The molecule has 0 saturated heterocycles. The zero-order valence-electron chi connectivity index (χ0n) is 20.0. The molecule has 6 nitrogen and oxygen atoms in total. The summed E-state index contributed by atoms with van der Waals surface area (Å²) in [5, 5.41) is 12.6. The van der Waals surface area contributed by atoms with Crippen LogP contribution in [0.2, 0.25) is 0 Å². The van der Waals surface area contributed by atoms with E-state index in [-0.39, 0.29) is 11.7 Å². The number of anilines is 1. The van der Waals surface area contributed by atoms with Crippen LogP contribution in [0.1, 0.15) is 50.7 Å². The molecule has 0 aliphatic heterocycles. The number of carbonyl (C=O) groups is 1. The fraction of sp³-hybridized carbons (Fsp3) is 0.346. The lowest BCUT2D eigenvalue weighted by Crippen LogP contribution is -2.18. The molecule has 33 heavy (non-hydrogen) atoms. The van der Waals surface area contributed by atoms with Gasteiger partial charge in [-0.25, -0.2) is 0 Å². The average molecular weight is 465 g/mol. The number of hydrogen-bond acceptors (Lipinski definition) is 5. The van der Waals surface area contributed by atoms with E-state index in [1.54, 1.807) is 13.2 Å². The molecule has 0 fully saturated rings. The standard InChI is InChI=1S/C26H32N4O2S/c1-7-15-30-25(21-11-8-9-14-22(21)32-6)28-29-26(30)33-16-23(31)27-24-19(17(2)3)12-10-13-20(24)18(4)5/h7-14,17-18H,1,15-16H2,2-6H3,(H,27,31). The monoisotopic (exact) mass is 464 g/mol. The van der Waals surface area contributed by atoms with Crippen LogP contribution in [0.25, 0.3) is 11.4 Å². The van der Waals surface area contributed by atoms with Crippen LogP contribution in [-0.4, -0.2) is 33.5 Å². The molecule has 0 aliphatic rings. The Labute approximate surface area is 200 Å². The Bertz CT molecular complexity index is 1090. The van der Waals surface area contributed by atoms with Crippen molar-refractivity contribution in [2.45, 2.75) is 51.2 Å². The number of para-hydroxylation sites is 2. The van der Waals surface area contributed by atoms with E-state index in [1.807, 2.05) is 28.8 Å². The van der Waals surface area contributed by atoms with Crippen molar-refractivity contribution >= 4 is 23.4 Å². The van der Waals surface area contributed by atoms with Crippen LogP contribution >= 0.6 is 11.8 Å². The number of benzene rings is 2. The van der Waals surface area contributed by atoms with Crippen molar-refractivity contribution in [3.63, 3.8) is 0 Å². The van der Waals surface area contributed by atoms with E-state index < -0.39 is 0 Å². The van der Waals surface area contributed by atoms with Gasteiger partial charge in [0.05, 0.1) is 18.4 Å². The van der Waals surface area contributed by atoms with Crippen molar-refractivity contribution in [3.8, 4) is 17.1 Å². The van der Waals surface area contributed by atoms with Crippen molar-refractivity contribution < 1.29 is 9.53 Å². The van der Waals surface area contributed by atoms with Crippen molar-refractivity contribution in [2.75, 3.05) is 18.2 Å². The lowest BCUT2D eigenvalue weighted by molar-refractivity contribution is -0.113. The number of ether oxygens (including phenoxy) is 1.